The molecule has 0 radical (unpaired) electrons. The molecule has 0 unspecified atom stereocenters. The van der Waals surface area contributed by atoms with Crippen molar-refractivity contribution in [1.82, 2.24) is 4.90 Å². The van der Waals surface area contributed by atoms with Crippen LogP contribution < -0.4 is 5.73 Å². The molecule has 0 bridgehead atoms. The van der Waals surface area contributed by atoms with Gasteiger partial charge in [0.1, 0.15) is 0 Å². The van der Waals surface area contributed by atoms with E-state index >= 15 is 0 Å². The Labute approximate surface area is 133 Å². The van der Waals surface area contributed by atoms with Crippen LogP contribution in [-0.4, -0.2) is 30.1 Å². The molecule has 0 aromatic heterocycles. The molecule has 1 aliphatic rings. The average Bonchev–Trinajstić information content (AvgIpc) is 2.99. The molecule has 1 saturated carbocycles. The quantitative estimate of drug-likeness (QED) is 0.478. The first-order valence-corrected chi connectivity index (χ1v) is 9.74. The van der Waals surface area contributed by atoms with E-state index in [2.05, 4.69) is 18.7 Å². The van der Waals surface area contributed by atoms with Gasteiger partial charge in [0.15, 0.2) is 0 Å². The summed E-state index contributed by atoms with van der Waals surface area (Å²) in [5.41, 5.74) is 6.51. The van der Waals surface area contributed by atoms with Crippen LogP contribution in [0.2, 0.25) is 0 Å². The van der Waals surface area contributed by atoms with Gasteiger partial charge in [0.05, 0.1) is 0 Å². The number of nitrogens with two attached hydrogens (primary N) is 1. The fraction of sp³-hybridized carbons (Fsp3) is 1.00. The third kappa shape index (κ3) is 6.69. The number of nitrogens with zero attached hydrogens (tertiary/aromatic N) is 1. The molecule has 126 valence electrons. The highest BCUT2D eigenvalue weighted by atomic mass is 15.2. The number of hydrogen-bond donors (Lipinski definition) is 1. The normalized spacial score (nSPS) is 17.7. The number of unbranched alkanes of at least 4 members (excludes halogenated alkanes) is 7. The minimum atomic E-state index is 0.358. The maximum absolute atomic E-state index is 6.16. The molecule has 0 aromatic carbocycles. The molecule has 1 fully saturated rings. The van der Waals surface area contributed by atoms with E-state index in [-0.39, 0.29) is 0 Å². The third-order valence-electron chi connectivity index (χ3n) is 5.36. The van der Waals surface area contributed by atoms with Gasteiger partial charge >= 0.3 is 0 Å². The minimum Gasteiger partial charge on any atom is -0.329 e. The molecule has 1 rings (SSSR count). The van der Waals surface area contributed by atoms with Gasteiger partial charge in [-0.25, -0.2) is 0 Å². The van der Waals surface area contributed by atoms with E-state index in [4.69, 9.17) is 5.73 Å². The van der Waals surface area contributed by atoms with Crippen LogP contribution in [0, 0.1) is 0 Å². The Morgan fingerprint density at radius 2 is 1.33 bits per heavy atom. The Bertz CT molecular complexity index is 234. The molecule has 2 N–H and O–H groups in total. The molecule has 0 aliphatic heterocycles. The number of hydrogen-bond acceptors (Lipinski definition) is 2. The van der Waals surface area contributed by atoms with Gasteiger partial charge < -0.3 is 5.73 Å². The van der Waals surface area contributed by atoms with Crippen LogP contribution in [0.1, 0.15) is 97.3 Å². The summed E-state index contributed by atoms with van der Waals surface area (Å²) in [6.07, 6.45) is 18.0. The van der Waals surface area contributed by atoms with E-state index in [1.165, 1.54) is 96.6 Å². The van der Waals surface area contributed by atoms with Crippen LogP contribution in [-0.2, 0) is 0 Å². The summed E-state index contributed by atoms with van der Waals surface area (Å²) >= 11 is 0. The van der Waals surface area contributed by atoms with Gasteiger partial charge in [-0.3, -0.25) is 4.90 Å². The summed E-state index contributed by atoms with van der Waals surface area (Å²) < 4.78 is 0. The maximum Gasteiger partial charge on any atom is 0.0331 e. The molecule has 0 amide bonds. The topological polar surface area (TPSA) is 29.3 Å². The molecular formula is C19H40N2. The molecule has 0 aromatic rings. The smallest absolute Gasteiger partial charge is 0.0331 e. The lowest BCUT2D eigenvalue weighted by atomic mass is 9.94. The van der Waals surface area contributed by atoms with Crippen molar-refractivity contribution in [3.8, 4) is 0 Å². The van der Waals surface area contributed by atoms with Gasteiger partial charge in [0, 0.05) is 12.1 Å². The zero-order valence-corrected chi connectivity index (χ0v) is 14.8. The van der Waals surface area contributed by atoms with Crippen molar-refractivity contribution in [1.29, 1.82) is 0 Å². The van der Waals surface area contributed by atoms with E-state index < -0.39 is 0 Å². The lowest BCUT2D eigenvalue weighted by Gasteiger charge is -2.41. The molecular weight excluding hydrogens is 256 g/mol. The first-order valence-electron chi connectivity index (χ1n) is 9.74. The van der Waals surface area contributed by atoms with Crippen molar-refractivity contribution < 1.29 is 0 Å². The van der Waals surface area contributed by atoms with Gasteiger partial charge in [-0.15, -0.1) is 0 Å². The lowest BCUT2D eigenvalue weighted by molar-refractivity contribution is 0.0962. The second kappa shape index (κ2) is 11.5. The predicted octanol–water partition coefficient (Wildman–Crippen LogP) is 5.11. The predicted molar refractivity (Wildman–Crippen MR) is 94.7 cm³/mol. The summed E-state index contributed by atoms with van der Waals surface area (Å²) in [5, 5.41) is 0. The molecule has 0 saturated heterocycles. The van der Waals surface area contributed by atoms with Gasteiger partial charge in [0.25, 0.3) is 0 Å². The Morgan fingerprint density at radius 1 is 0.762 bits per heavy atom. The highest BCUT2D eigenvalue weighted by Gasteiger charge is 2.37. The van der Waals surface area contributed by atoms with Crippen LogP contribution >= 0.6 is 0 Å². The summed E-state index contributed by atoms with van der Waals surface area (Å²) in [7, 11) is 0. The van der Waals surface area contributed by atoms with Gasteiger partial charge in [-0.1, -0.05) is 71.6 Å². The molecule has 1 aliphatic carbocycles. The second-order valence-corrected chi connectivity index (χ2v) is 7.10. The third-order valence-corrected chi connectivity index (χ3v) is 5.36. The Morgan fingerprint density at radius 3 is 1.86 bits per heavy atom. The molecule has 0 heterocycles. The van der Waals surface area contributed by atoms with Gasteiger partial charge in [-0.2, -0.15) is 0 Å². The van der Waals surface area contributed by atoms with E-state index in [9.17, 15) is 0 Å². The molecule has 2 nitrogen and oxygen atoms in total. The standard InChI is InChI=1S/C19H40N2/c1-3-5-6-7-8-9-10-13-17-21(16-4-2)19(18-20)14-11-12-15-19/h3-18,20H2,1-2H3. The average molecular weight is 297 g/mol. The molecule has 21 heavy (non-hydrogen) atoms. The summed E-state index contributed by atoms with van der Waals surface area (Å²) in [4.78, 5) is 2.75. The Hall–Kier alpha value is -0.0800. The molecule has 0 spiro atoms. The SMILES string of the molecule is CCCCCCCCCCN(CCC)C1(CN)CCCC1. The fourth-order valence-electron chi connectivity index (χ4n) is 3.98. The maximum atomic E-state index is 6.16. The van der Waals surface area contributed by atoms with Crippen molar-refractivity contribution >= 4 is 0 Å². The minimum absolute atomic E-state index is 0.358. The highest BCUT2D eigenvalue weighted by Crippen LogP contribution is 2.34. The van der Waals surface area contributed by atoms with E-state index in [1.54, 1.807) is 0 Å². The van der Waals surface area contributed by atoms with Crippen LogP contribution in [0.15, 0.2) is 0 Å². The molecule has 0 atom stereocenters. The zero-order valence-electron chi connectivity index (χ0n) is 14.8. The summed E-state index contributed by atoms with van der Waals surface area (Å²) in [5.74, 6) is 0. The van der Waals surface area contributed by atoms with Crippen LogP contribution in [0.4, 0.5) is 0 Å². The summed E-state index contributed by atoms with van der Waals surface area (Å²) in [6.45, 7) is 7.98. The highest BCUT2D eigenvalue weighted by molar-refractivity contribution is 4.95. The van der Waals surface area contributed by atoms with Crippen LogP contribution in [0.5, 0.6) is 0 Å². The van der Waals surface area contributed by atoms with Crippen LogP contribution in [0.3, 0.4) is 0 Å². The fourth-order valence-corrected chi connectivity index (χ4v) is 3.98. The van der Waals surface area contributed by atoms with E-state index in [0.717, 1.165) is 6.54 Å². The zero-order chi connectivity index (χ0) is 15.4. The monoisotopic (exact) mass is 296 g/mol. The Balaban J connectivity index is 2.19. The number of rotatable bonds is 13. The van der Waals surface area contributed by atoms with Crippen molar-refractivity contribution in [2.75, 3.05) is 19.6 Å². The first-order chi connectivity index (χ1) is 10.3. The van der Waals surface area contributed by atoms with E-state index in [0.29, 0.717) is 5.54 Å². The van der Waals surface area contributed by atoms with Crippen molar-refractivity contribution in [3.63, 3.8) is 0 Å². The first kappa shape index (κ1) is 19.0. The Kier molecular flexibility index (Phi) is 10.4. The largest absolute Gasteiger partial charge is 0.329 e. The lowest BCUT2D eigenvalue weighted by Crippen LogP contribution is -2.52. The molecule has 2 heteroatoms. The van der Waals surface area contributed by atoms with Crippen LogP contribution in [0.25, 0.3) is 0 Å². The van der Waals surface area contributed by atoms with Gasteiger partial charge in [0.2, 0.25) is 0 Å². The summed E-state index contributed by atoms with van der Waals surface area (Å²) in [6, 6.07) is 0. The van der Waals surface area contributed by atoms with Crippen molar-refractivity contribution in [2.24, 2.45) is 5.73 Å². The van der Waals surface area contributed by atoms with Crippen molar-refractivity contribution in [3.05, 3.63) is 0 Å². The van der Waals surface area contributed by atoms with E-state index in [1.807, 2.05) is 0 Å². The van der Waals surface area contributed by atoms with Gasteiger partial charge in [-0.05, 0) is 38.8 Å². The van der Waals surface area contributed by atoms with Crippen molar-refractivity contribution in [2.45, 2.75) is 103 Å². The second-order valence-electron chi connectivity index (χ2n) is 7.10.